The Hall–Kier alpha value is -5.94. The van der Waals surface area contributed by atoms with Gasteiger partial charge in [-0.1, -0.05) is 115 Å². The van der Waals surface area contributed by atoms with Gasteiger partial charge in [0, 0.05) is 73.4 Å². The third-order valence-electron chi connectivity index (χ3n) is 10.0. The highest BCUT2D eigenvalue weighted by atomic mass is 32.1. The van der Waals surface area contributed by atoms with E-state index in [9.17, 15) is 0 Å². The Kier molecular flexibility index (Phi) is 6.03. The Balaban J connectivity index is 1.31. The van der Waals surface area contributed by atoms with E-state index in [0.29, 0.717) is 0 Å². The summed E-state index contributed by atoms with van der Waals surface area (Å²) in [5.41, 5.74) is 7.74. The van der Waals surface area contributed by atoms with Crippen molar-refractivity contribution in [3.8, 4) is 11.1 Å². The minimum atomic E-state index is 0.894. The molecular formula is C46H27NOS2. The highest BCUT2D eigenvalue weighted by Crippen LogP contribution is 2.53. The molecule has 0 amide bonds. The van der Waals surface area contributed by atoms with E-state index in [1.165, 1.54) is 67.9 Å². The van der Waals surface area contributed by atoms with E-state index in [1.54, 1.807) is 0 Å². The largest absolute Gasteiger partial charge is 0.456 e. The molecule has 4 heteroatoms. The average molecular weight is 674 g/mol. The number of anilines is 3. The van der Waals surface area contributed by atoms with Gasteiger partial charge in [0.2, 0.25) is 0 Å². The van der Waals surface area contributed by atoms with Crippen LogP contribution in [0.1, 0.15) is 0 Å². The first-order valence-electron chi connectivity index (χ1n) is 16.8. The lowest BCUT2D eigenvalue weighted by molar-refractivity contribution is 0.669. The molecule has 0 aliphatic carbocycles. The molecule has 11 aromatic rings. The number of para-hydroxylation sites is 1. The molecule has 3 aromatic heterocycles. The predicted octanol–water partition coefficient (Wildman–Crippen LogP) is 14.6. The SMILES string of the molecule is c1ccc(-c2c3ccccc3c(N(c3ccc4c(c3)sc3ccccc34)c3ccc4oc5ccccc5c4c3)c3c2sc2ccccc23)cc1. The third-order valence-corrected chi connectivity index (χ3v) is 12.4. The third kappa shape index (κ3) is 4.07. The molecule has 0 radical (unpaired) electrons. The normalized spacial score (nSPS) is 12.0. The molecule has 0 saturated heterocycles. The van der Waals surface area contributed by atoms with Gasteiger partial charge in [0.15, 0.2) is 0 Å². The fourth-order valence-electron chi connectivity index (χ4n) is 7.86. The number of hydrogen-bond donors (Lipinski definition) is 0. The zero-order chi connectivity index (χ0) is 32.8. The summed E-state index contributed by atoms with van der Waals surface area (Å²) in [6.45, 7) is 0. The number of fused-ring (bicyclic) bond motifs is 10. The summed E-state index contributed by atoms with van der Waals surface area (Å²) >= 11 is 3.75. The molecule has 50 heavy (non-hydrogen) atoms. The van der Waals surface area contributed by atoms with Gasteiger partial charge in [-0.2, -0.15) is 0 Å². The molecule has 8 aromatic carbocycles. The highest BCUT2D eigenvalue weighted by molar-refractivity contribution is 7.26. The second kappa shape index (κ2) is 10.8. The van der Waals surface area contributed by atoms with E-state index >= 15 is 0 Å². The number of benzene rings is 8. The average Bonchev–Trinajstić information content (AvgIpc) is 3.86. The van der Waals surface area contributed by atoms with Crippen LogP contribution in [0.5, 0.6) is 0 Å². The van der Waals surface area contributed by atoms with Crippen molar-refractivity contribution in [1.82, 2.24) is 0 Å². The first-order chi connectivity index (χ1) is 24.8. The zero-order valence-electron chi connectivity index (χ0n) is 26.8. The topological polar surface area (TPSA) is 16.4 Å². The van der Waals surface area contributed by atoms with Gasteiger partial charge in [-0.25, -0.2) is 0 Å². The van der Waals surface area contributed by atoms with E-state index < -0.39 is 0 Å². The van der Waals surface area contributed by atoms with Crippen molar-refractivity contribution in [1.29, 1.82) is 0 Å². The minimum Gasteiger partial charge on any atom is -0.456 e. The summed E-state index contributed by atoms with van der Waals surface area (Å²) in [6, 6.07) is 59.5. The summed E-state index contributed by atoms with van der Waals surface area (Å²) in [7, 11) is 0. The number of thiophene rings is 2. The van der Waals surface area contributed by atoms with E-state index in [0.717, 1.165) is 33.3 Å². The van der Waals surface area contributed by atoms with E-state index in [2.05, 4.69) is 163 Å². The quantitative estimate of drug-likeness (QED) is 0.185. The molecule has 3 heterocycles. The zero-order valence-corrected chi connectivity index (χ0v) is 28.4. The number of hydrogen-bond acceptors (Lipinski definition) is 4. The predicted molar refractivity (Wildman–Crippen MR) is 217 cm³/mol. The Labute approximate surface area is 295 Å². The molecule has 0 aliphatic rings. The van der Waals surface area contributed by atoms with Crippen molar-refractivity contribution >= 4 is 113 Å². The minimum absolute atomic E-state index is 0.894. The maximum absolute atomic E-state index is 6.33. The van der Waals surface area contributed by atoms with E-state index in [-0.39, 0.29) is 0 Å². The smallest absolute Gasteiger partial charge is 0.135 e. The lowest BCUT2D eigenvalue weighted by Gasteiger charge is -2.29. The molecule has 234 valence electrons. The van der Waals surface area contributed by atoms with Gasteiger partial charge >= 0.3 is 0 Å². The Morgan fingerprint density at radius 2 is 1.00 bits per heavy atom. The first kappa shape index (κ1) is 28.0. The molecule has 0 unspecified atom stereocenters. The molecule has 0 saturated carbocycles. The van der Waals surface area contributed by atoms with Crippen molar-refractivity contribution in [2.24, 2.45) is 0 Å². The maximum Gasteiger partial charge on any atom is 0.135 e. The van der Waals surface area contributed by atoms with Gasteiger partial charge < -0.3 is 9.32 Å². The van der Waals surface area contributed by atoms with Crippen LogP contribution in [0.4, 0.5) is 17.1 Å². The number of nitrogens with zero attached hydrogens (tertiary/aromatic N) is 1. The molecule has 0 spiro atoms. The fourth-order valence-corrected chi connectivity index (χ4v) is 10.3. The van der Waals surface area contributed by atoms with Crippen molar-refractivity contribution in [2.45, 2.75) is 0 Å². The van der Waals surface area contributed by atoms with Crippen LogP contribution in [0.3, 0.4) is 0 Å². The van der Waals surface area contributed by atoms with Gasteiger partial charge in [0.05, 0.1) is 5.69 Å². The molecule has 0 atom stereocenters. The van der Waals surface area contributed by atoms with Crippen molar-refractivity contribution in [3.05, 3.63) is 164 Å². The van der Waals surface area contributed by atoms with Crippen LogP contribution < -0.4 is 4.90 Å². The van der Waals surface area contributed by atoms with Crippen LogP contribution in [0.15, 0.2) is 168 Å². The molecule has 0 bridgehead atoms. The number of furan rings is 1. The van der Waals surface area contributed by atoms with Crippen LogP contribution >= 0.6 is 22.7 Å². The number of rotatable bonds is 4. The van der Waals surface area contributed by atoms with Gasteiger partial charge in [0.25, 0.3) is 0 Å². The van der Waals surface area contributed by atoms with E-state index in [1.807, 2.05) is 28.7 Å². The summed E-state index contributed by atoms with van der Waals surface area (Å²) < 4.78 is 11.5. The Bertz CT molecular complexity index is 3110. The van der Waals surface area contributed by atoms with Crippen LogP contribution in [0.2, 0.25) is 0 Å². The summed E-state index contributed by atoms with van der Waals surface area (Å²) in [4.78, 5) is 2.50. The second-order valence-corrected chi connectivity index (χ2v) is 15.0. The van der Waals surface area contributed by atoms with Crippen molar-refractivity contribution in [3.63, 3.8) is 0 Å². The molecule has 11 rings (SSSR count). The molecule has 2 nitrogen and oxygen atoms in total. The fraction of sp³-hybridized carbons (Fsp3) is 0. The molecular weight excluding hydrogens is 647 g/mol. The summed E-state index contributed by atoms with van der Waals surface area (Å²) in [5.74, 6) is 0. The second-order valence-electron chi connectivity index (χ2n) is 12.8. The Morgan fingerprint density at radius 3 is 1.84 bits per heavy atom. The van der Waals surface area contributed by atoms with Crippen LogP contribution in [0.25, 0.3) is 84.2 Å². The Morgan fingerprint density at radius 1 is 0.400 bits per heavy atom. The monoisotopic (exact) mass is 673 g/mol. The summed E-state index contributed by atoms with van der Waals surface area (Å²) in [6.07, 6.45) is 0. The van der Waals surface area contributed by atoms with Crippen LogP contribution in [-0.4, -0.2) is 0 Å². The standard InChI is InChI=1S/C46H27NOS2/c1-2-12-28(13-3-1)43-34-16-4-5-17-35(34)45(44-36-18-8-11-21-41(36)50-46(43)44)47(29-23-25-39-37(26-29)31-14-6-9-19-38(31)48-39)30-22-24-33-32-15-7-10-20-40(32)49-42(33)27-30/h1-27H. The lowest BCUT2D eigenvalue weighted by atomic mass is 9.93. The van der Waals surface area contributed by atoms with Crippen molar-refractivity contribution in [2.75, 3.05) is 4.90 Å². The van der Waals surface area contributed by atoms with Gasteiger partial charge in [-0.15, -0.1) is 22.7 Å². The van der Waals surface area contributed by atoms with Gasteiger partial charge in [-0.3, -0.25) is 0 Å². The molecule has 0 N–H and O–H groups in total. The van der Waals surface area contributed by atoms with Gasteiger partial charge in [0.1, 0.15) is 11.2 Å². The van der Waals surface area contributed by atoms with Crippen LogP contribution in [0, 0.1) is 0 Å². The van der Waals surface area contributed by atoms with E-state index in [4.69, 9.17) is 4.42 Å². The maximum atomic E-state index is 6.33. The van der Waals surface area contributed by atoms with Crippen LogP contribution in [-0.2, 0) is 0 Å². The molecule has 0 fully saturated rings. The first-order valence-corrected chi connectivity index (χ1v) is 18.5. The van der Waals surface area contributed by atoms with Crippen molar-refractivity contribution < 1.29 is 4.42 Å². The van der Waals surface area contributed by atoms with Gasteiger partial charge in [-0.05, 0) is 59.5 Å². The highest BCUT2D eigenvalue weighted by Gasteiger charge is 2.26. The lowest BCUT2D eigenvalue weighted by Crippen LogP contribution is -2.11. The summed E-state index contributed by atoms with van der Waals surface area (Å²) in [5, 5.41) is 9.85. The molecule has 0 aliphatic heterocycles.